The van der Waals surface area contributed by atoms with Crippen molar-refractivity contribution in [1.29, 1.82) is 0 Å². The van der Waals surface area contributed by atoms with Crippen molar-refractivity contribution in [2.24, 2.45) is 0 Å². The number of phenols is 1. The fourth-order valence-corrected chi connectivity index (χ4v) is 3.79. The highest BCUT2D eigenvalue weighted by atomic mass is 32.2. The SMILES string of the molecule is CCOC(=O)CC1(S(=O)(=O)Nc2ccc(O)c(C(=O)O)c2)CC1. The largest absolute Gasteiger partial charge is 0.507 e. The van der Waals surface area contributed by atoms with Crippen molar-refractivity contribution in [1.82, 2.24) is 0 Å². The van der Waals surface area contributed by atoms with Crippen molar-refractivity contribution in [2.45, 2.75) is 30.9 Å². The van der Waals surface area contributed by atoms with Crippen molar-refractivity contribution in [3.05, 3.63) is 23.8 Å². The first-order valence-corrected chi connectivity index (χ1v) is 8.43. The predicted molar refractivity (Wildman–Crippen MR) is 80.8 cm³/mol. The number of ether oxygens (including phenoxy) is 1. The Morgan fingerprint density at radius 3 is 2.52 bits per heavy atom. The number of sulfonamides is 1. The number of rotatable bonds is 7. The van der Waals surface area contributed by atoms with Gasteiger partial charge in [-0.1, -0.05) is 0 Å². The Morgan fingerprint density at radius 1 is 1.35 bits per heavy atom. The molecule has 1 aliphatic carbocycles. The molecule has 8 nitrogen and oxygen atoms in total. The monoisotopic (exact) mass is 343 g/mol. The number of esters is 1. The predicted octanol–water partition coefficient (Wildman–Crippen LogP) is 1.32. The van der Waals surface area contributed by atoms with Crippen molar-refractivity contribution in [3.63, 3.8) is 0 Å². The number of carbonyl (C=O) groups is 2. The summed E-state index contributed by atoms with van der Waals surface area (Å²) >= 11 is 0. The molecule has 1 aromatic carbocycles. The summed E-state index contributed by atoms with van der Waals surface area (Å²) < 4.78 is 30.8. The summed E-state index contributed by atoms with van der Waals surface area (Å²) in [5, 5.41) is 18.4. The number of hydrogen-bond acceptors (Lipinski definition) is 6. The number of carboxylic acid groups (broad SMARTS) is 1. The van der Waals surface area contributed by atoms with Crippen LogP contribution in [0.2, 0.25) is 0 Å². The molecule has 0 saturated heterocycles. The molecule has 0 aromatic heterocycles. The van der Waals surface area contributed by atoms with Crippen LogP contribution in [0.3, 0.4) is 0 Å². The molecule has 3 N–H and O–H groups in total. The molecule has 0 bridgehead atoms. The van der Waals surface area contributed by atoms with Gasteiger partial charge in [0.2, 0.25) is 10.0 Å². The molecule has 1 fully saturated rings. The Kier molecular flexibility index (Phi) is 4.51. The Balaban J connectivity index is 2.20. The molecule has 2 rings (SSSR count). The Morgan fingerprint density at radius 2 is 2.00 bits per heavy atom. The molecular weight excluding hydrogens is 326 g/mol. The van der Waals surface area contributed by atoms with Crippen LogP contribution in [0.1, 0.15) is 36.5 Å². The number of aromatic hydroxyl groups is 1. The van der Waals surface area contributed by atoms with E-state index in [1.165, 1.54) is 6.07 Å². The van der Waals surface area contributed by atoms with E-state index in [0.29, 0.717) is 12.8 Å². The van der Waals surface area contributed by atoms with Crippen molar-refractivity contribution >= 4 is 27.6 Å². The van der Waals surface area contributed by atoms with E-state index in [4.69, 9.17) is 9.84 Å². The standard InChI is InChI=1S/C14H17NO7S/c1-2-22-12(17)8-14(5-6-14)23(20,21)15-9-3-4-11(16)10(7-9)13(18)19/h3-4,7,15-16H,2,5-6,8H2,1H3,(H,18,19). The molecule has 0 unspecified atom stereocenters. The van der Waals surface area contributed by atoms with Crippen LogP contribution < -0.4 is 4.72 Å². The smallest absolute Gasteiger partial charge is 0.339 e. The van der Waals surface area contributed by atoms with E-state index in [9.17, 15) is 23.1 Å². The zero-order valence-electron chi connectivity index (χ0n) is 12.4. The number of nitrogens with one attached hydrogen (secondary N) is 1. The lowest BCUT2D eigenvalue weighted by molar-refractivity contribution is -0.143. The van der Waals surface area contributed by atoms with Gasteiger partial charge in [-0.3, -0.25) is 9.52 Å². The van der Waals surface area contributed by atoms with Gasteiger partial charge in [0.15, 0.2) is 0 Å². The van der Waals surface area contributed by atoms with Gasteiger partial charge in [0.1, 0.15) is 16.1 Å². The lowest BCUT2D eigenvalue weighted by Crippen LogP contribution is -2.32. The van der Waals surface area contributed by atoms with Crippen LogP contribution in [0, 0.1) is 0 Å². The number of carboxylic acids is 1. The lowest BCUT2D eigenvalue weighted by Gasteiger charge is -2.17. The van der Waals surface area contributed by atoms with Crippen LogP contribution >= 0.6 is 0 Å². The van der Waals surface area contributed by atoms with E-state index in [2.05, 4.69) is 4.72 Å². The van der Waals surface area contributed by atoms with Crippen molar-refractivity contribution < 1.29 is 33.0 Å². The number of anilines is 1. The van der Waals surface area contributed by atoms with Crippen molar-refractivity contribution in [3.8, 4) is 5.75 Å². The molecule has 1 aliphatic rings. The summed E-state index contributed by atoms with van der Waals surface area (Å²) in [5.41, 5.74) is -0.407. The van der Waals surface area contributed by atoms with Gasteiger partial charge in [0.25, 0.3) is 0 Å². The average Bonchev–Trinajstić information content (AvgIpc) is 3.22. The minimum atomic E-state index is -3.90. The van der Waals surface area contributed by atoms with Crippen LogP contribution in [0.5, 0.6) is 5.75 Å². The van der Waals surface area contributed by atoms with E-state index >= 15 is 0 Å². The maximum atomic E-state index is 12.5. The zero-order valence-corrected chi connectivity index (χ0v) is 13.2. The summed E-state index contributed by atoms with van der Waals surface area (Å²) in [7, 11) is -3.90. The second-order valence-electron chi connectivity index (χ2n) is 5.31. The van der Waals surface area contributed by atoms with E-state index in [1.54, 1.807) is 6.92 Å². The van der Waals surface area contributed by atoms with Gasteiger partial charge in [0.05, 0.1) is 13.0 Å². The Bertz CT molecular complexity index is 737. The quantitative estimate of drug-likeness (QED) is 0.503. The molecule has 0 heterocycles. The van der Waals surface area contributed by atoms with Gasteiger partial charge in [-0.25, -0.2) is 13.2 Å². The maximum Gasteiger partial charge on any atom is 0.339 e. The molecule has 0 radical (unpaired) electrons. The number of hydrogen-bond donors (Lipinski definition) is 3. The number of aromatic carboxylic acids is 1. The van der Waals surface area contributed by atoms with E-state index in [0.717, 1.165) is 12.1 Å². The van der Waals surface area contributed by atoms with Gasteiger partial charge in [0, 0.05) is 5.69 Å². The molecule has 126 valence electrons. The van der Waals surface area contributed by atoms with Gasteiger partial charge in [-0.05, 0) is 38.0 Å². The first-order valence-electron chi connectivity index (χ1n) is 6.95. The molecule has 0 atom stereocenters. The molecule has 23 heavy (non-hydrogen) atoms. The Hall–Kier alpha value is -2.29. The third-order valence-electron chi connectivity index (χ3n) is 3.63. The van der Waals surface area contributed by atoms with Gasteiger partial charge in [-0.15, -0.1) is 0 Å². The van der Waals surface area contributed by atoms with E-state index < -0.39 is 38.0 Å². The molecule has 1 aromatic rings. The van der Waals surface area contributed by atoms with Crippen LogP contribution in [0.4, 0.5) is 5.69 Å². The van der Waals surface area contributed by atoms with Crippen LogP contribution in [0.25, 0.3) is 0 Å². The second-order valence-corrected chi connectivity index (χ2v) is 7.38. The lowest BCUT2D eigenvalue weighted by atomic mass is 10.2. The summed E-state index contributed by atoms with van der Waals surface area (Å²) in [6, 6.07) is 3.36. The van der Waals surface area contributed by atoms with Crippen molar-refractivity contribution in [2.75, 3.05) is 11.3 Å². The normalized spacial score (nSPS) is 15.7. The molecule has 0 amide bonds. The zero-order chi connectivity index (χ0) is 17.3. The van der Waals surface area contributed by atoms with Gasteiger partial charge >= 0.3 is 11.9 Å². The first-order chi connectivity index (χ1) is 10.7. The van der Waals surface area contributed by atoms with Crippen LogP contribution in [0.15, 0.2) is 18.2 Å². The fraction of sp³-hybridized carbons (Fsp3) is 0.429. The topological polar surface area (TPSA) is 130 Å². The Labute approximate surface area is 133 Å². The minimum absolute atomic E-state index is 0.00957. The molecule has 1 saturated carbocycles. The highest BCUT2D eigenvalue weighted by molar-refractivity contribution is 7.94. The van der Waals surface area contributed by atoms with Crippen LogP contribution in [-0.4, -0.2) is 41.9 Å². The average molecular weight is 343 g/mol. The third kappa shape index (κ3) is 3.55. The summed E-state index contributed by atoms with van der Waals surface area (Å²) in [6.07, 6.45) is 0.399. The van der Waals surface area contributed by atoms with Gasteiger partial charge in [-0.2, -0.15) is 0 Å². The second kappa shape index (κ2) is 6.07. The summed E-state index contributed by atoms with van der Waals surface area (Å²) in [6.45, 7) is 1.80. The van der Waals surface area contributed by atoms with Gasteiger partial charge < -0.3 is 14.9 Å². The number of benzene rings is 1. The fourth-order valence-electron chi connectivity index (χ4n) is 2.19. The van der Waals surface area contributed by atoms with E-state index in [-0.39, 0.29) is 18.7 Å². The summed E-state index contributed by atoms with van der Waals surface area (Å²) in [4.78, 5) is 22.5. The minimum Gasteiger partial charge on any atom is -0.507 e. The van der Waals surface area contributed by atoms with Crippen LogP contribution in [-0.2, 0) is 19.6 Å². The van der Waals surface area contributed by atoms with E-state index in [1.807, 2.05) is 0 Å². The first kappa shape index (κ1) is 17.1. The maximum absolute atomic E-state index is 12.5. The highest BCUT2D eigenvalue weighted by Gasteiger charge is 2.56. The number of carbonyl (C=O) groups excluding carboxylic acids is 1. The molecule has 9 heteroatoms. The molecule has 0 aliphatic heterocycles. The molecular formula is C14H17NO7S. The third-order valence-corrected chi connectivity index (χ3v) is 5.83. The highest BCUT2D eigenvalue weighted by Crippen LogP contribution is 2.47. The summed E-state index contributed by atoms with van der Waals surface area (Å²) in [5.74, 6) is -2.43. The molecule has 0 spiro atoms.